The first kappa shape index (κ1) is 20.1. The molecule has 0 saturated carbocycles. The molecule has 3 rings (SSSR count). The minimum atomic E-state index is -0.865. The van der Waals surface area contributed by atoms with Crippen LogP contribution in [-0.4, -0.2) is 47.2 Å². The first-order chi connectivity index (χ1) is 13.5. The minimum Gasteiger partial charge on any atom is -0.481 e. The molecule has 1 aliphatic heterocycles. The maximum atomic E-state index is 12.7. The molecule has 0 aliphatic carbocycles. The molecule has 1 saturated heterocycles. The number of amides is 2. The highest BCUT2D eigenvalue weighted by atomic mass is 32.1. The van der Waals surface area contributed by atoms with Crippen LogP contribution in [0, 0.1) is 12.8 Å². The molecule has 0 spiro atoms. The molecule has 0 unspecified atom stereocenters. The number of nitrogens with zero attached hydrogens (tertiary/aromatic N) is 2. The van der Waals surface area contributed by atoms with Gasteiger partial charge in [0.25, 0.3) is 5.91 Å². The molecule has 0 radical (unpaired) electrons. The number of aromatic nitrogens is 1. The second kappa shape index (κ2) is 9.05. The molecular formula is C20H25N3O4S. The Hall–Kier alpha value is -2.61. The van der Waals surface area contributed by atoms with Crippen molar-refractivity contribution in [2.24, 2.45) is 5.92 Å². The molecule has 2 N–H and O–H groups in total. The zero-order valence-corrected chi connectivity index (χ0v) is 16.9. The average molecular weight is 404 g/mol. The van der Waals surface area contributed by atoms with Gasteiger partial charge < -0.3 is 20.1 Å². The van der Waals surface area contributed by atoms with Crippen molar-refractivity contribution in [2.45, 2.75) is 32.2 Å². The van der Waals surface area contributed by atoms with Gasteiger partial charge in [-0.3, -0.25) is 4.79 Å². The smallest absolute Gasteiger partial charge is 0.407 e. The number of carboxylic acid groups (broad SMARTS) is 1. The summed E-state index contributed by atoms with van der Waals surface area (Å²) in [6.45, 7) is 3.04. The third-order valence-corrected chi connectivity index (χ3v) is 6.09. The van der Waals surface area contributed by atoms with Gasteiger partial charge in [0.15, 0.2) is 0 Å². The zero-order chi connectivity index (χ0) is 20.1. The summed E-state index contributed by atoms with van der Waals surface area (Å²) in [5.74, 6) is 0.771. The number of nitrogens with one attached hydrogen (secondary N) is 1. The average Bonchev–Trinajstić information content (AvgIpc) is 3.14. The zero-order valence-electron chi connectivity index (χ0n) is 16.1. The van der Waals surface area contributed by atoms with Gasteiger partial charge in [0.1, 0.15) is 0 Å². The number of carbonyl (C=O) groups is 2. The fraction of sp³-hybridized carbons (Fsp3) is 0.450. The normalized spacial score (nSPS) is 15.9. The van der Waals surface area contributed by atoms with Gasteiger partial charge in [-0.1, -0.05) is 6.07 Å². The summed E-state index contributed by atoms with van der Waals surface area (Å²) in [5.41, 5.74) is 0.920. The van der Waals surface area contributed by atoms with Gasteiger partial charge in [-0.15, -0.1) is 11.3 Å². The van der Waals surface area contributed by atoms with Crippen LogP contribution in [0.3, 0.4) is 0 Å². The predicted molar refractivity (Wildman–Crippen MR) is 107 cm³/mol. The van der Waals surface area contributed by atoms with E-state index in [-0.39, 0.29) is 11.9 Å². The topological polar surface area (TPSA) is 91.8 Å². The largest absolute Gasteiger partial charge is 0.481 e. The molecule has 7 nitrogen and oxygen atoms in total. The Morgan fingerprint density at radius 3 is 2.61 bits per heavy atom. The molecule has 1 atom stereocenters. The van der Waals surface area contributed by atoms with Crippen LogP contribution in [0.4, 0.5) is 4.79 Å². The van der Waals surface area contributed by atoms with Crippen molar-refractivity contribution in [3.8, 4) is 5.88 Å². The van der Waals surface area contributed by atoms with Crippen LogP contribution >= 0.6 is 11.3 Å². The van der Waals surface area contributed by atoms with Crippen molar-refractivity contribution in [1.82, 2.24) is 15.2 Å². The van der Waals surface area contributed by atoms with Crippen molar-refractivity contribution >= 4 is 23.3 Å². The molecule has 2 amide bonds. The molecule has 0 aromatic carbocycles. The lowest BCUT2D eigenvalue weighted by atomic mass is 9.88. The van der Waals surface area contributed by atoms with Crippen LogP contribution < -0.4 is 10.1 Å². The number of methoxy groups -OCH3 is 1. The molecule has 8 heteroatoms. The number of thiophene rings is 1. The van der Waals surface area contributed by atoms with Crippen LogP contribution in [0.25, 0.3) is 0 Å². The Kier molecular flexibility index (Phi) is 6.51. The molecule has 150 valence electrons. The van der Waals surface area contributed by atoms with E-state index in [1.54, 1.807) is 19.4 Å². The Morgan fingerprint density at radius 2 is 2.07 bits per heavy atom. The number of rotatable bonds is 6. The lowest BCUT2D eigenvalue weighted by Gasteiger charge is -2.32. The monoisotopic (exact) mass is 403 g/mol. The predicted octanol–water partition coefficient (Wildman–Crippen LogP) is 3.71. The Labute approximate surface area is 168 Å². The van der Waals surface area contributed by atoms with E-state index in [0.29, 0.717) is 29.8 Å². The van der Waals surface area contributed by atoms with Crippen molar-refractivity contribution in [3.05, 3.63) is 45.8 Å². The Morgan fingerprint density at radius 1 is 1.32 bits per heavy atom. The molecule has 2 aromatic rings. The standard InChI is InChI=1S/C20H25N3O4S/c1-13-3-5-17(28-13)19(24)22-16(15-4-6-18(27-2)21-12-15)11-14-7-9-23(10-8-14)20(25)26/h3-6,12,14,16H,7-11H2,1-2H3,(H,22,24)(H,25,26)/t16-/m0/s1. The van der Waals surface area contributed by atoms with E-state index in [0.717, 1.165) is 29.7 Å². The van der Waals surface area contributed by atoms with Gasteiger partial charge in [0, 0.05) is 30.2 Å². The van der Waals surface area contributed by atoms with Gasteiger partial charge in [-0.05, 0) is 49.8 Å². The summed E-state index contributed by atoms with van der Waals surface area (Å²) in [7, 11) is 1.57. The highest BCUT2D eigenvalue weighted by molar-refractivity contribution is 7.13. The van der Waals surface area contributed by atoms with Gasteiger partial charge in [-0.2, -0.15) is 0 Å². The van der Waals surface area contributed by atoms with Crippen LogP contribution in [0.15, 0.2) is 30.5 Å². The van der Waals surface area contributed by atoms with Crippen LogP contribution in [-0.2, 0) is 0 Å². The van der Waals surface area contributed by atoms with Crippen LogP contribution in [0.2, 0.25) is 0 Å². The summed E-state index contributed by atoms with van der Waals surface area (Å²) in [5, 5.41) is 12.3. The summed E-state index contributed by atoms with van der Waals surface area (Å²) < 4.78 is 5.13. The highest BCUT2D eigenvalue weighted by Gasteiger charge is 2.26. The van der Waals surface area contributed by atoms with Crippen molar-refractivity contribution in [3.63, 3.8) is 0 Å². The fourth-order valence-corrected chi connectivity index (χ4v) is 4.25. The summed E-state index contributed by atoms with van der Waals surface area (Å²) in [6, 6.07) is 7.30. The second-order valence-electron chi connectivity index (χ2n) is 7.02. The Balaban J connectivity index is 1.72. The van der Waals surface area contributed by atoms with Gasteiger partial charge in [0.05, 0.1) is 18.0 Å². The third-order valence-electron chi connectivity index (χ3n) is 5.09. The summed E-state index contributed by atoms with van der Waals surface area (Å²) in [6.07, 6.45) is 3.20. The first-order valence-electron chi connectivity index (χ1n) is 9.31. The number of aryl methyl sites for hydroxylation is 1. The van der Waals surface area contributed by atoms with Crippen molar-refractivity contribution < 1.29 is 19.4 Å². The van der Waals surface area contributed by atoms with E-state index < -0.39 is 6.09 Å². The number of piperidine rings is 1. The minimum absolute atomic E-state index is 0.0955. The van der Waals surface area contributed by atoms with Crippen molar-refractivity contribution in [2.75, 3.05) is 20.2 Å². The van der Waals surface area contributed by atoms with Crippen LogP contribution in [0.5, 0.6) is 5.88 Å². The molecule has 1 fully saturated rings. The van der Waals surface area contributed by atoms with Gasteiger partial charge in [-0.25, -0.2) is 9.78 Å². The summed E-state index contributed by atoms with van der Waals surface area (Å²) in [4.78, 5) is 31.3. The second-order valence-corrected chi connectivity index (χ2v) is 8.31. The molecule has 3 heterocycles. The van der Waals surface area contributed by atoms with Gasteiger partial charge >= 0.3 is 6.09 Å². The van der Waals surface area contributed by atoms with E-state index in [4.69, 9.17) is 9.84 Å². The summed E-state index contributed by atoms with van der Waals surface area (Å²) >= 11 is 1.47. The lowest BCUT2D eigenvalue weighted by Crippen LogP contribution is -2.39. The number of hydrogen-bond acceptors (Lipinski definition) is 5. The van der Waals surface area contributed by atoms with Gasteiger partial charge in [0.2, 0.25) is 5.88 Å². The van der Waals surface area contributed by atoms with E-state index in [2.05, 4.69) is 10.3 Å². The molecule has 2 aromatic heterocycles. The quantitative estimate of drug-likeness (QED) is 0.767. The molecular weight excluding hydrogens is 378 g/mol. The SMILES string of the molecule is COc1ccc([C@H](CC2CCN(C(=O)O)CC2)NC(=O)c2ccc(C)s2)cn1. The molecule has 28 heavy (non-hydrogen) atoms. The molecule has 0 bridgehead atoms. The van der Waals surface area contributed by atoms with Crippen molar-refractivity contribution in [1.29, 1.82) is 0 Å². The third kappa shape index (κ3) is 5.01. The van der Waals surface area contributed by atoms with E-state index in [1.807, 2.05) is 25.1 Å². The maximum Gasteiger partial charge on any atom is 0.407 e. The first-order valence-corrected chi connectivity index (χ1v) is 10.1. The van der Waals surface area contributed by atoms with E-state index >= 15 is 0 Å². The van der Waals surface area contributed by atoms with Crippen LogP contribution in [0.1, 0.15) is 45.4 Å². The number of pyridine rings is 1. The van der Waals surface area contributed by atoms with E-state index in [9.17, 15) is 9.59 Å². The number of ether oxygens (including phenoxy) is 1. The maximum absolute atomic E-state index is 12.7. The van der Waals surface area contributed by atoms with E-state index in [1.165, 1.54) is 16.2 Å². The number of likely N-dealkylation sites (tertiary alicyclic amines) is 1. The fourth-order valence-electron chi connectivity index (χ4n) is 3.48. The highest BCUT2D eigenvalue weighted by Crippen LogP contribution is 2.29. The Bertz CT molecular complexity index is 813. The number of carbonyl (C=O) groups excluding carboxylic acids is 1. The molecule has 1 aliphatic rings. The number of hydrogen-bond donors (Lipinski definition) is 2. The lowest BCUT2D eigenvalue weighted by molar-refractivity contribution is 0.0926.